The fraction of sp³-hybridized carbons (Fsp3) is 0.190. The summed E-state index contributed by atoms with van der Waals surface area (Å²) in [7, 11) is 1.54. The van der Waals surface area contributed by atoms with Crippen LogP contribution in [0, 0.1) is 0 Å². The molecule has 0 aliphatic carbocycles. The molecule has 0 saturated carbocycles. The van der Waals surface area contributed by atoms with Crippen molar-refractivity contribution in [3.63, 3.8) is 0 Å². The van der Waals surface area contributed by atoms with Crippen molar-refractivity contribution in [3.8, 4) is 11.5 Å². The lowest BCUT2D eigenvalue weighted by Gasteiger charge is -2.14. The van der Waals surface area contributed by atoms with E-state index < -0.39 is 0 Å². The van der Waals surface area contributed by atoms with Crippen LogP contribution in [-0.4, -0.2) is 19.6 Å². The van der Waals surface area contributed by atoms with Gasteiger partial charge >= 0.3 is 0 Å². The average Bonchev–Trinajstić information content (AvgIpc) is 3.10. The van der Waals surface area contributed by atoms with Gasteiger partial charge in [-0.15, -0.1) is 0 Å². The lowest BCUT2D eigenvalue weighted by atomic mass is 10.1. The third-order valence-electron chi connectivity index (χ3n) is 4.00. The third kappa shape index (κ3) is 3.72. The van der Waals surface area contributed by atoms with Crippen LogP contribution in [0.3, 0.4) is 0 Å². The zero-order valence-electron chi connectivity index (χ0n) is 14.8. The highest BCUT2D eigenvalue weighted by molar-refractivity contribution is 5.95. The minimum atomic E-state index is -0.266. The van der Waals surface area contributed by atoms with Crippen LogP contribution in [0.4, 0.5) is 0 Å². The predicted molar refractivity (Wildman–Crippen MR) is 101 cm³/mol. The van der Waals surface area contributed by atoms with Gasteiger partial charge in [-0.3, -0.25) is 4.79 Å². The molecule has 0 fully saturated rings. The zero-order chi connectivity index (χ0) is 18.5. The highest BCUT2D eigenvalue weighted by atomic mass is 16.5. The Bertz CT molecular complexity index is 896. The molecule has 0 unspecified atom stereocenters. The van der Waals surface area contributed by atoms with Crippen molar-refractivity contribution in [2.45, 2.75) is 13.0 Å². The molecule has 26 heavy (non-hydrogen) atoms. The van der Waals surface area contributed by atoms with Crippen molar-refractivity contribution in [2.75, 3.05) is 13.7 Å². The second kappa shape index (κ2) is 7.78. The number of methoxy groups -OCH3 is 1. The van der Waals surface area contributed by atoms with Gasteiger partial charge in [0.05, 0.1) is 13.2 Å². The highest BCUT2D eigenvalue weighted by Crippen LogP contribution is 2.29. The molecule has 2 aromatic carbocycles. The molecule has 1 amide bonds. The van der Waals surface area contributed by atoms with Gasteiger partial charge in [-0.2, -0.15) is 0 Å². The van der Waals surface area contributed by atoms with Gasteiger partial charge in [0.2, 0.25) is 0 Å². The van der Waals surface area contributed by atoms with Crippen LogP contribution in [-0.2, 0) is 0 Å². The minimum absolute atomic E-state index is 0.216. The summed E-state index contributed by atoms with van der Waals surface area (Å²) in [5.74, 6) is 1.55. The van der Waals surface area contributed by atoms with Crippen molar-refractivity contribution in [2.24, 2.45) is 0 Å². The molecule has 0 aliphatic rings. The van der Waals surface area contributed by atoms with E-state index in [4.69, 9.17) is 13.9 Å². The Morgan fingerprint density at radius 1 is 1.23 bits per heavy atom. The van der Waals surface area contributed by atoms with Crippen LogP contribution in [0.2, 0.25) is 0 Å². The largest absolute Gasteiger partial charge is 0.493 e. The number of fused-ring (bicyclic) bond motifs is 1. The summed E-state index contributed by atoms with van der Waals surface area (Å²) in [6, 6.07) is 14.5. The highest BCUT2D eigenvalue weighted by Gasteiger charge is 2.17. The second-order valence-electron chi connectivity index (χ2n) is 5.85. The van der Waals surface area contributed by atoms with Gasteiger partial charge in [0, 0.05) is 10.9 Å². The molecule has 0 radical (unpaired) electrons. The van der Waals surface area contributed by atoms with E-state index in [0.29, 0.717) is 29.4 Å². The van der Waals surface area contributed by atoms with E-state index in [0.717, 1.165) is 11.0 Å². The number of rotatable bonds is 7. The molecule has 1 N–H and O–H groups in total. The number of nitrogens with one attached hydrogen (secondary N) is 1. The van der Waals surface area contributed by atoms with E-state index in [1.807, 2.05) is 37.3 Å². The summed E-state index contributed by atoms with van der Waals surface area (Å²) in [4.78, 5) is 12.6. The van der Waals surface area contributed by atoms with E-state index in [1.54, 1.807) is 24.3 Å². The lowest BCUT2D eigenvalue weighted by Crippen LogP contribution is -2.26. The maximum atomic E-state index is 12.6. The summed E-state index contributed by atoms with van der Waals surface area (Å²) in [6.07, 6.45) is 1.65. The van der Waals surface area contributed by atoms with Gasteiger partial charge in [-0.05, 0) is 37.3 Å². The van der Waals surface area contributed by atoms with Gasteiger partial charge in [0.25, 0.3) is 5.91 Å². The molecule has 1 atom stereocenters. The van der Waals surface area contributed by atoms with Crippen molar-refractivity contribution in [1.82, 2.24) is 5.32 Å². The number of amides is 1. The number of benzene rings is 2. The predicted octanol–water partition coefficient (Wildman–Crippen LogP) is 4.50. The summed E-state index contributed by atoms with van der Waals surface area (Å²) in [5.41, 5.74) is 1.28. The van der Waals surface area contributed by atoms with Gasteiger partial charge in [-0.1, -0.05) is 30.9 Å². The Balaban J connectivity index is 1.75. The molecule has 0 saturated heterocycles. The molecule has 1 aromatic heterocycles. The van der Waals surface area contributed by atoms with Crippen molar-refractivity contribution >= 4 is 16.9 Å². The molecule has 0 spiro atoms. The van der Waals surface area contributed by atoms with Crippen LogP contribution in [0.1, 0.15) is 29.1 Å². The quantitative estimate of drug-likeness (QED) is 0.637. The smallest absolute Gasteiger partial charge is 0.252 e. The molecule has 3 aromatic rings. The van der Waals surface area contributed by atoms with E-state index in [-0.39, 0.29) is 11.9 Å². The summed E-state index contributed by atoms with van der Waals surface area (Å²) >= 11 is 0. The van der Waals surface area contributed by atoms with Gasteiger partial charge in [-0.25, -0.2) is 0 Å². The second-order valence-corrected chi connectivity index (χ2v) is 5.85. The fourth-order valence-corrected chi connectivity index (χ4v) is 2.64. The summed E-state index contributed by atoms with van der Waals surface area (Å²) < 4.78 is 16.6. The number of carbonyl (C=O) groups excluding carboxylic acids is 1. The van der Waals surface area contributed by atoms with Crippen molar-refractivity contribution < 1.29 is 18.7 Å². The van der Waals surface area contributed by atoms with Crippen LogP contribution in [0.15, 0.2) is 65.6 Å². The first-order valence-electron chi connectivity index (χ1n) is 8.33. The first-order chi connectivity index (χ1) is 12.6. The van der Waals surface area contributed by atoms with Gasteiger partial charge < -0.3 is 19.2 Å². The fourth-order valence-electron chi connectivity index (χ4n) is 2.64. The normalized spacial score (nSPS) is 11.8. The Labute approximate surface area is 152 Å². The number of ether oxygens (including phenoxy) is 2. The van der Waals surface area contributed by atoms with Crippen molar-refractivity contribution in [1.29, 1.82) is 0 Å². The van der Waals surface area contributed by atoms with E-state index in [9.17, 15) is 4.79 Å². The van der Waals surface area contributed by atoms with Crippen LogP contribution < -0.4 is 14.8 Å². The average molecular weight is 351 g/mol. The van der Waals surface area contributed by atoms with E-state index in [2.05, 4.69) is 11.9 Å². The van der Waals surface area contributed by atoms with Crippen molar-refractivity contribution in [3.05, 3.63) is 72.5 Å². The molecule has 0 bridgehead atoms. The maximum Gasteiger partial charge on any atom is 0.252 e. The number of para-hydroxylation sites is 1. The summed E-state index contributed by atoms with van der Waals surface area (Å²) in [5, 5.41) is 3.95. The van der Waals surface area contributed by atoms with Gasteiger partial charge in [0.1, 0.15) is 18.0 Å². The number of furan rings is 1. The molecule has 5 nitrogen and oxygen atoms in total. The standard InChI is InChI=1S/C21H21NO4/c1-4-11-25-18-10-9-16(13-20(18)24-3)21(23)22-14(2)19-12-15-7-5-6-8-17(15)26-19/h4-10,12-14H,1,11H2,2-3H3,(H,22,23)/t14-/m0/s1. The molecule has 134 valence electrons. The van der Waals surface area contributed by atoms with Crippen LogP contribution in [0.25, 0.3) is 11.0 Å². The zero-order valence-corrected chi connectivity index (χ0v) is 14.8. The van der Waals surface area contributed by atoms with Crippen LogP contribution in [0.5, 0.6) is 11.5 Å². The molecule has 5 heteroatoms. The first-order valence-corrected chi connectivity index (χ1v) is 8.33. The maximum absolute atomic E-state index is 12.6. The molecular formula is C21H21NO4. The monoisotopic (exact) mass is 351 g/mol. The Hall–Kier alpha value is -3.21. The minimum Gasteiger partial charge on any atom is -0.493 e. The topological polar surface area (TPSA) is 60.7 Å². The lowest BCUT2D eigenvalue weighted by molar-refractivity contribution is 0.0935. The SMILES string of the molecule is C=CCOc1ccc(C(=O)N[C@@H](C)c2cc3ccccc3o2)cc1OC. The number of hydrogen-bond acceptors (Lipinski definition) is 4. The third-order valence-corrected chi connectivity index (χ3v) is 4.00. The number of carbonyl (C=O) groups is 1. The van der Waals surface area contributed by atoms with Crippen LogP contribution >= 0.6 is 0 Å². The Morgan fingerprint density at radius 3 is 2.77 bits per heavy atom. The Morgan fingerprint density at radius 2 is 2.04 bits per heavy atom. The first kappa shape index (κ1) is 17.6. The van der Waals surface area contributed by atoms with E-state index in [1.165, 1.54) is 7.11 Å². The molecule has 0 aliphatic heterocycles. The van der Waals surface area contributed by atoms with Gasteiger partial charge in [0.15, 0.2) is 11.5 Å². The Kier molecular flexibility index (Phi) is 5.27. The molecular weight excluding hydrogens is 330 g/mol. The molecule has 3 rings (SSSR count). The summed E-state index contributed by atoms with van der Waals surface area (Å²) in [6.45, 7) is 5.86. The number of hydrogen-bond donors (Lipinski definition) is 1. The van der Waals surface area contributed by atoms with E-state index >= 15 is 0 Å². The molecule has 1 heterocycles.